The van der Waals surface area contributed by atoms with E-state index in [1.807, 2.05) is 0 Å². The average Bonchev–Trinajstić information content (AvgIpc) is 2.53. The van der Waals surface area contributed by atoms with Crippen molar-refractivity contribution in [3.8, 4) is 0 Å². The predicted molar refractivity (Wildman–Crippen MR) is 42.8 cm³/mol. The van der Waals surface area contributed by atoms with E-state index in [0.717, 1.165) is 6.92 Å². The van der Waals surface area contributed by atoms with Crippen LogP contribution in [0.1, 0.15) is 18.2 Å². The first-order chi connectivity index (χ1) is 8.34. The van der Waals surface area contributed by atoms with Gasteiger partial charge in [0.2, 0.25) is 5.95 Å². The summed E-state index contributed by atoms with van der Waals surface area (Å²) in [5.74, 6) is -8.19. The molecule has 1 rings (SSSR count). The van der Waals surface area contributed by atoms with Crippen molar-refractivity contribution in [2.75, 3.05) is 0 Å². The standard InChI is InChI=1S/C8H5F9N2/c1-2-19-5(9)3(7(12,13)14)4(18-19)6(10,11)8(15,16)17/h2H2,1H3. The van der Waals surface area contributed by atoms with Crippen LogP contribution in [0.2, 0.25) is 0 Å². The van der Waals surface area contributed by atoms with Gasteiger partial charge in [-0.1, -0.05) is 0 Å². The molecule has 0 amide bonds. The van der Waals surface area contributed by atoms with Crippen molar-refractivity contribution in [1.29, 1.82) is 0 Å². The normalized spacial score (nSPS) is 14.0. The molecular weight excluding hydrogens is 295 g/mol. The highest BCUT2D eigenvalue weighted by atomic mass is 19.4. The number of aryl methyl sites for hydroxylation is 1. The second-order valence-electron chi connectivity index (χ2n) is 3.40. The number of hydrogen-bond donors (Lipinski definition) is 0. The fraction of sp³-hybridized carbons (Fsp3) is 0.625. The number of nitrogens with zero attached hydrogens (tertiary/aromatic N) is 2. The lowest BCUT2D eigenvalue weighted by Gasteiger charge is -2.19. The molecule has 0 aliphatic heterocycles. The highest BCUT2D eigenvalue weighted by molar-refractivity contribution is 5.27. The molecule has 0 fully saturated rings. The molecule has 110 valence electrons. The molecule has 19 heavy (non-hydrogen) atoms. The van der Waals surface area contributed by atoms with E-state index < -0.39 is 42.0 Å². The third kappa shape index (κ3) is 2.50. The van der Waals surface area contributed by atoms with Gasteiger partial charge in [0.25, 0.3) is 0 Å². The summed E-state index contributed by atoms with van der Waals surface area (Å²) in [5, 5.41) is 2.38. The molecule has 1 heterocycles. The van der Waals surface area contributed by atoms with E-state index in [9.17, 15) is 39.5 Å². The Hall–Kier alpha value is -1.42. The zero-order valence-electron chi connectivity index (χ0n) is 9.00. The highest BCUT2D eigenvalue weighted by Crippen LogP contribution is 2.48. The van der Waals surface area contributed by atoms with Gasteiger partial charge in [-0.25, -0.2) is 4.68 Å². The number of halogens is 9. The monoisotopic (exact) mass is 300 g/mol. The molecule has 1 aromatic heterocycles. The molecule has 0 aliphatic rings. The first kappa shape index (κ1) is 15.6. The summed E-state index contributed by atoms with van der Waals surface area (Å²) in [6.45, 7) is 0.397. The summed E-state index contributed by atoms with van der Waals surface area (Å²) in [7, 11) is 0. The maximum absolute atomic E-state index is 13.2. The van der Waals surface area contributed by atoms with Gasteiger partial charge in [-0.15, -0.1) is 0 Å². The Balaban J connectivity index is 3.61. The van der Waals surface area contributed by atoms with Gasteiger partial charge in [0, 0.05) is 6.54 Å². The molecule has 2 nitrogen and oxygen atoms in total. The molecule has 0 saturated carbocycles. The number of rotatable bonds is 2. The third-order valence-corrected chi connectivity index (χ3v) is 2.13. The van der Waals surface area contributed by atoms with Gasteiger partial charge >= 0.3 is 18.3 Å². The van der Waals surface area contributed by atoms with Crippen LogP contribution in [0.15, 0.2) is 0 Å². The fourth-order valence-electron chi connectivity index (χ4n) is 1.26. The summed E-state index contributed by atoms with van der Waals surface area (Å²) >= 11 is 0. The zero-order valence-corrected chi connectivity index (χ0v) is 9.00. The Bertz CT molecular complexity index is 468. The summed E-state index contributed by atoms with van der Waals surface area (Å²) in [6, 6.07) is 0. The second-order valence-corrected chi connectivity index (χ2v) is 3.40. The average molecular weight is 300 g/mol. The minimum Gasteiger partial charge on any atom is -0.239 e. The zero-order chi connectivity index (χ0) is 15.2. The lowest BCUT2D eigenvalue weighted by Crippen LogP contribution is -2.36. The van der Waals surface area contributed by atoms with Gasteiger partial charge in [0.05, 0.1) is 0 Å². The SMILES string of the molecule is CCn1nc(C(F)(F)C(F)(F)F)c(C(F)(F)F)c1F. The van der Waals surface area contributed by atoms with Crippen LogP contribution in [0.25, 0.3) is 0 Å². The Morgan fingerprint density at radius 3 is 1.79 bits per heavy atom. The van der Waals surface area contributed by atoms with E-state index in [1.165, 1.54) is 0 Å². The van der Waals surface area contributed by atoms with Gasteiger partial charge in [0.15, 0.2) is 5.69 Å². The number of aromatic nitrogens is 2. The van der Waals surface area contributed by atoms with E-state index >= 15 is 0 Å². The van der Waals surface area contributed by atoms with Crippen molar-refractivity contribution in [2.45, 2.75) is 31.7 Å². The molecule has 0 bridgehead atoms. The summed E-state index contributed by atoms with van der Waals surface area (Å²) in [6.07, 6.45) is -12.0. The molecule has 0 aromatic carbocycles. The molecule has 0 atom stereocenters. The lowest BCUT2D eigenvalue weighted by atomic mass is 10.1. The molecule has 0 aliphatic carbocycles. The molecule has 1 aromatic rings. The Morgan fingerprint density at radius 2 is 1.47 bits per heavy atom. The highest BCUT2D eigenvalue weighted by Gasteiger charge is 2.64. The topological polar surface area (TPSA) is 17.8 Å². The molecule has 0 N–H and O–H groups in total. The van der Waals surface area contributed by atoms with Gasteiger partial charge in [-0.2, -0.15) is 44.6 Å². The van der Waals surface area contributed by atoms with Crippen molar-refractivity contribution < 1.29 is 39.5 Å². The van der Waals surface area contributed by atoms with Crippen molar-refractivity contribution in [3.63, 3.8) is 0 Å². The van der Waals surface area contributed by atoms with Crippen LogP contribution in [0, 0.1) is 5.95 Å². The van der Waals surface area contributed by atoms with Crippen LogP contribution >= 0.6 is 0 Å². The minimum absolute atomic E-state index is 0.211. The number of hydrogen-bond acceptors (Lipinski definition) is 1. The van der Waals surface area contributed by atoms with Crippen molar-refractivity contribution in [1.82, 2.24) is 9.78 Å². The molecular formula is C8H5F9N2. The quantitative estimate of drug-likeness (QED) is 0.761. The maximum Gasteiger partial charge on any atom is 0.459 e. The van der Waals surface area contributed by atoms with Crippen LogP contribution in [0.4, 0.5) is 39.5 Å². The first-order valence-electron chi connectivity index (χ1n) is 4.62. The summed E-state index contributed by atoms with van der Waals surface area (Å²) < 4.78 is 112. The van der Waals surface area contributed by atoms with Crippen molar-refractivity contribution >= 4 is 0 Å². The third-order valence-electron chi connectivity index (χ3n) is 2.13. The lowest BCUT2D eigenvalue weighted by molar-refractivity contribution is -0.292. The molecule has 0 unspecified atom stereocenters. The molecule has 0 saturated heterocycles. The van der Waals surface area contributed by atoms with E-state index in [-0.39, 0.29) is 4.68 Å². The molecule has 11 heteroatoms. The predicted octanol–water partition coefficient (Wildman–Crippen LogP) is 3.72. The Labute approximate surface area is 99.4 Å². The van der Waals surface area contributed by atoms with Gasteiger partial charge in [-0.3, -0.25) is 0 Å². The molecule has 0 spiro atoms. The van der Waals surface area contributed by atoms with Crippen LogP contribution < -0.4 is 0 Å². The Morgan fingerprint density at radius 1 is 1.00 bits per heavy atom. The fourth-order valence-corrected chi connectivity index (χ4v) is 1.26. The van der Waals surface area contributed by atoms with Crippen LogP contribution in [-0.4, -0.2) is 16.0 Å². The minimum atomic E-state index is -6.31. The summed E-state index contributed by atoms with van der Waals surface area (Å²) in [5.41, 5.74) is -5.40. The van der Waals surface area contributed by atoms with Crippen LogP contribution in [0.5, 0.6) is 0 Å². The number of alkyl halides is 8. The van der Waals surface area contributed by atoms with Gasteiger partial charge < -0.3 is 0 Å². The van der Waals surface area contributed by atoms with Crippen molar-refractivity contribution in [3.05, 3.63) is 17.2 Å². The largest absolute Gasteiger partial charge is 0.459 e. The summed E-state index contributed by atoms with van der Waals surface area (Å²) in [4.78, 5) is 0. The van der Waals surface area contributed by atoms with Crippen LogP contribution in [0.3, 0.4) is 0 Å². The van der Waals surface area contributed by atoms with Crippen LogP contribution in [-0.2, 0) is 18.6 Å². The van der Waals surface area contributed by atoms with Gasteiger partial charge in [-0.05, 0) is 6.92 Å². The maximum atomic E-state index is 13.2. The Kier molecular flexibility index (Phi) is 3.54. The molecule has 0 radical (unpaired) electrons. The van der Waals surface area contributed by atoms with Gasteiger partial charge in [0.1, 0.15) is 5.56 Å². The van der Waals surface area contributed by atoms with E-state index in [2.05, 4.69) is 5.10 Å². The van der Waals surface area contributed by atoms with E-state index in [4.69, 9.17) is 0 Å². The van der Waals surface area contributed by atoms with E-state index in [1.54, 1.807) is 0 Å². The first-order valence-corrected chi connectivity index (χ1v) is 4.62. The van der Waals surface area contributed by atoms with Crippen molar-refractivity contribution in [2.24, 2.45) is 0 Å². The smallest absolute Gasteiger partial charge is 0.239 e. The second kappa shape index (κ2) is 4.30. The van der Waals surface area contributed by atoms with E-state index in [0.29, 0.717) is 0 Å².